The molecule has 0 fully saturated rings. The van der Waals surface area contributed by atoms with Crippen LogP contribution in [0, 0.1) is 19.7 Å². The van der Waals surface area contributed by atoms with Crippen LogP contribution in [-0.2, 0) is 6.42 Å². The SMILES string of the molecule is Cc1nc2ccc(C(=O)N3CCc4cc(F)ccc43)cc2nc1C. The van der Waals surface area contributed by atoms with E-state index in [9.17, 15) is 9.18 Å². The number of benzene rings is 2. The number of carbonyl (C=O) groups is 1. The van der Waals surface area contributed by atoms with Gasteiger partial charge in [0, 0.05) is 17.8 Å². The van der Waals surface area contributed by atoms with Crippen molar-refractivity contribution in [3.05, 3.63) is 64.7 Å². The number of halogens is 1. The molecular formula is C19H16FN3O. The summed E-state index contributed by atoms with van der Waals surface area (Å²) in [5.41, 5.74) is 5.45. The number of aryl methyl sites for hydroxylation is 2. The number of anilines is 1. The topological polar surface area (TPSA) is 46.1 Å². The number of amides is 1. The van der Waals surface area contributed by atoms with Crippen molar-refractivity contribution in [3.8, 4) is 0 Å². The molecule has 0 saturated heterocycles. The molecule has 0 saturated carbocycles. The summed E-state index contributed by atoms with van der Waals surface area (Å²) < 4.78 is 13.3. The summed E-state index contributed by atoms with van der Waals surface area (Å²) in [6, 6.07) is 9.94. The summed E-state index contributed by atoms with van der Waals surface area (Å²) in [4.78, 5) is 23.6. The first kappa shape index (κ1) is 14.8. The van der Waals surface area contributed by atoms with Gasteiger partial charge >= 0.3 is 0 Å². The maximum Gasteiger partial charge on any atom is 0.258 e. The third kappa shape index (κ3) is 2.33. The van der Waals surface area contributed by atoms with E-state index in [1.54, 1.807) is 23.1 Å². The molecule has 0 radical (unpaired) electrons. The number of aromatic nitrogens is 2. The van der Waals surface area contributed by atoms with E-state index >= 15 is 0 Å². The Kier molecular flexibility index (Phi) is 3.30. The minimum atomic E-state index is -0.269. The van der Waals surface area contributed by atoms with Gasteiger partial charge < -0.3 is 4.90 Å². The molecular weight excluding hydrogens is 305 g/mol. The van der Waals surface area contributed by atoms with Crippen molar-refractivity contribution in [3.63, 3.8) is 0 Å². The van der Waals surface area contributed by atoms with Crippen LogP contribution in [0.1, 0.15) is 27.3 Å². The van der Waals surface area contributed by atoms with E-state index in [1.807, 2.05) is 19.9 Å². The van der Waals surface area contributed by atoms with Gasteiger partial charge in [-0.3, -0.25) is 4.79 Å². The Hall–Kier alpha value is -2.82. The molecule has 1 aliphatic heterocycles. The molecule has 0 unspecified atom stereocenters. The van der Waals surface area contributed by atoms with E-state index in [-0.39, 0.29) is 11.7 Å². The van der Waals surface area contributed by atoms with E-state index in [2.05, 4.69) is 9.97 Å². The second-order valence-electron chi connectivity index (χ2n) is 6.08. The first-order valence-electron chi connectivity index (χ1n) is 7.88. The highest BCUT2D eigenvalue weighted by atomic mass is 19.1. The van der Waals surface area contributed by atoms with E-state index in [4.69, 9.17) is 0 Å². The Labute approximate surface area is 139 Å². The fraction of sp³-hybridized carbons (Fsp3) is 0.211. The van der Waals surface area contributed by atoms with Gasteiger partial charge in [0.15, 0.2) is 0 Å². The average molecular weight is 321 g/mol. The minimum absolute atomic E-state index is 0.0951. The zero-order chi connectivity index (χ0) is 16.8. The highest BCUT2D eigenvalue weighted by molar-refractivity contribution is 6.08. The number of nitrogens with zero attached hydrogens (tertiary/aromatic N) is 3. The van der Waals surface area contributed by atoms with Gasteiger partial charge in [-0.2, -0.15) is 0 Å². The maximum absolute atomic E-state index is 13.3. The molecule has 1 amide bonds. The van der Waals surface area contributed by atoms with Gasteiger partial charge in [0.05, 0.1) is 22.4 Å². The molecule has 2 aromatic carbocycles. The summed E-state index contributed by atoms with van der Waals surface area (Å²) >= 11 is 0. The van der Waals surface area contributed by atoms with Crippen molar-refractivity contribution >= 4 is 22.6 Å². The molecule has 4 nitrogen and oxygen atoms in total. The van der Waals surface area contributed by atoms with Crippen LogP contribution in [0.4, 0.5) is 10.1 Å². The van der Waals surface area contributed by atoms with Crippen molar-refractivity contribution < 1.29 is 9.18 Å². The first-order valence-corrected chi connectivity index (χ1v) is 7.88. The lowest BCUT2D eigenvalue weighted by atomic mass is 10.1. The highest BCUT2D eigenvalue weighted by Gasteiger charge is 2.26. The Morgan fingerprint density at radius 2 is 1.79 bits per heavy atom. The van der Waals surface area contributed by atoms with Gasteiger partial charge in [0.1, 0.15) is 5.82 Å². The van der Waals surface area contributed by atoms with Gasteiger partial charge in [-0.25, -0.2) is 14.4 Å². The van der Waals surface area contributed by atoms with Crippen LogP contribution in [0.15, 0.2) is 36.4 Å². The van der Waals surface area contributed by atoms with Gasteiger partial charge in [-0.1, -0.05) is 0 Å². The molecule has 5 heteroatoms. The highest BCUT2D eigenvalue weighted by Crippen LogP contribution is 2.30. The maximum atomic E-state index is 13.3. The number of rotatable bonds is 1. The van der Waals surface area contributed by atoms with Crippen molar-refractivity contribution in [2.45, 2.75) is 20.3 Å². The fourth-order valence-electron chi connectivity index (χ4n) is 3.10. The van der Waals surface area contributed by atoms with Gasteiger partial charge in [0.2, 0.25) is 0 Å². The first-order chi connectivity index (χ1) is 11.5. The van der Waals surface area contributed by atoms with Crippen LogP contribution in [-0.4, -0.2) is 22.4 Å². The molecule has 4 rings (SSSR count). The predicted octanol–water partition coefficient (Wildman–Crippen LogP) is 3.59. The molecule has 0 aliphatic carbocycles. The zero-order valence-corrected chi connectivity index (χ0v) is 13.5. The molecule has 0 spiro atoms. The smallest absolute Gasteiger partial charge is 0.258 e. The Morgan fingerprint density at radius 1 is 1.04 bits per heavy atom. The van der Waals surface area contributed by atoms with Gasteiger partial charge in [-0.05, 0) is 62.2 Å². The monoisotopic (exact) mass is 321 g/mol. The molecule has 24 heavy (non-hydrogen) atoms. The number of fused-ring (bicyclic) bond motifs is 2. The summed E-state index contributed by atoms with van der Waals surface area (Å²) in [6.07, 6.45) is 0.671. The average Bonchev–Trinajstić information content (AvgIpc) is 2.97. The van der Waals surface area contributed by atoms with Crippen molar-refractivity contribution in [1.29, 1.82) is 0 Å². The molecule has 0 atom stereocenters. The quantitative estimate of drug-likeness (QED) is 0.688. The largest absolute Gasteiger partial charge is 0.308 e. The molecule has 120 valence electrons. The van der Waals surface area contributed by atoms with Crippen molar-refractivity contribution in [2.24, 2.45) is 0 Å². The standard InChI is InChI=1S/C19H16FN3O/c1-11-12(2)22-17-10-14(3-5-16(17)21-11)19(24)23-8-7-13-9-15(20)4-6-18(13)23/h3-6,9-10H,7-8H2,1-2H3. The Balaban J connectivity index is 1.73. The lowest BCUT2D eigenvalue weighted by Crippen LogP contribution is -2.28. The van der Waals surface area contributed by atoms with E-state index < -0.39 is 0 Å². The normalized spacial score (nSPS) is 13.4. The lowest BCUT2D eigenvalue weighted by molar-refractivity contribution is 0.0989. The Bertz CT molecular complexity index is 984. The van der Waals surface area contributed by atoms with Crippen LogP contribution in [0.25, 0.3) is 11.0 Å². The van der Waals surface area contributed by atoms with Gasteiger partial charge in [-0.15, -0.1) is 0 Å². The van der Waals surface area contributed by atoms with E-state index in [1.165, 1.54) is 12.1 Å². The van der Waals surface area contributed by atoms with E-state index in [0.717, 1.165) is 28.2 Å². The number of hydrogen-bond donors (Lipinski definition) is 0. The lowest BCUT2D eigenvalue weighted by Gasteiger charge is -2.17. The molecule has 0 bridgehead atoms. The van der Waals surface area contributed by atoms with E-state index in [0.29, 0.717) is 24.0 Å². The summed E-state index contributed by atoms with van der Waals surface area (Å²) in [7, 11) is 0. The fourth-order valence-corrected chi connectivity index (χ4v) is 3.10. The second kappa shape index (κ2) is 5.37. The summed E-state index contributed by atoms with van der Waals surface area (Å²) in [6.45, 7) is 4.39. The summed E-state index contributed by atoms with van der Waals surface area (Å²) in [5.74, 6) is -0.364. The third-order valence-corrected chi connectivity index (χ3v) is 4.50. The van der Waals surface area contributed by atoms with Crippen LogP contribution < -0.4 is 4.90 Å². The zero-order valence-electron chi connectivity index (χ0n) is 13.5. The summed E-state index contributed by atoms with van der Waals surface area (Å²) in [5, 5.41) is 0. The number of hydrogen-bond acceptors (Lipinski definition) is 3. The third-order valence-electron chi connectivity index (χ3n) is 4.50. The minimum Gasteiger partial charge on any atom is -0.308 e. The van der Waals surface area contributed by atoms with Crippen molar-refractivity contribution in [1.82, 2.24) is 9.97 Å². The molecule has 1 aliphatic rings. The van der Waals surface area contributed by atoms with Gasteiger partial charge in [0.25, 0.3) is 5.91 Å². The molecule has 3 aromatic rings. The van der Waals surface area contributed by atoms with Crippen LogP contribution in [0.2, 0.25) is 0 Å². The molecule has 0 N–H and O–H groups in total. The van der Waals surface area contributed by atoms with Crippen LogP contribution in [0.3, 0.4) is 0 Å². The Morgan fingerprint density at radius 3 is 2.58 bits per heavy atom. The van der Waals surface area contributed by atoms with Crippen LogP contribution in [0.5, 0.6) is 0 Å². The second-order valence-corrected chi connectivity index (χ2v) is 6.08. The molecule has 2 heterocycles. The predicted molar refractivity (Wildman–Crippen MR) is 90.8 cm³/mol. The number of carbonyl (C=O) groups excluding carboxylic acids is 1. The van der Waals surface area contributed by atoms with Crippen LogP contribution >= 0.6 is 0 Å². The molecule has 1 aromatic heterocycles. The van der Waals surface area contributed by atoms with Crippen molar-refractivity contribution in [2.75, 3.05) is 11.4 Å².